The molecule has 0 aliphatic heterocycles. The van der Waals surface area contributed by atoms with E-state index in [1.165, 1.54) is 18.2 Å². The van der Waals surface area contributed by atoms with Gasteiger partial charge in [-0.3, -0.25) is 0 Å². The smallest absolute Gasteiger partial charge is 0.200 e. The average Bonchev–Trinajstić information content (AvgIpc) is 2.35. The monoisotopic (exact) mass is 242 g/mol. The van der Waals surface area contributed by atoms with Crippen LogP contribution in [0.25, 0.3) is 11.1 Å². The lowest BCUT2D eigenvalue weighted by Crippen LogP contribution is -2.28. The second-order valence-electron chi connectivity index (χ2n) is 3.72. The number of hydrogen-bond donors (Lipinski definition) is 2. The largest absolute Gasteiger partial charge is 0.509 e. The highest BCUT2D eigenvalue weighted by Crippen LogP contribution is 2.28. The summed E-state index contributed by atoms with van der Waals surface area (Å²) in [6.45, 7) is 0. The SMILES string of the molecule is [B]c1c(O)ccc(-c2ccc(O)c(F)c2F)c1[B]. The zero-order valence-electron chi connectivity index (χ0n) is 9.11. The van der Waals surface area contributed by atoms with Gasteiger partial charge in [0.1, 0.15) is 21.4 Å². The Morgan fingerprint density at radius 2 is 1.28 bits per heavy atom. The van der Waals surface area contributed by atoms with E-state index in [0.717, 1.165) is 6.07 Å². The Kier molecular flexibility index (Phi) is 3.03. The highest BCUT2D eigenvalue weighted by Gasteiger charge is 2.16. The van der Waals surface area contributed by atoms with Gasteiger partial charge in [-0.25, -0.2) is 4.39 Å². The van der Waals surface area contributed by atoms with Crippen molar-refractivity contribution in [1.29, 1.82) is 0 Å². The highest BCUT2D eigenvalue weighted by molar-refractivity contribution is 6.51. The topological polar surface area (TPSA) is 40.5 Å². The molecule has 0 heterocycles. The maximum absolute atomic E-state index is 13.7. The van der Waals surface area contributed by atoms with E-state index in [1.54, 1.807) is 0 Å². The van der Waals surface area contributed by atoms with Gasteiger partial charge in [0.15, 0.2) is 11.6 Å². The molecule has 2 rings (SSSR count). The van der Waals surface area contributed by atoms with Crippen LogP contribution in [-0.4, -0.2) is 25.9 Å². The number of halogens is 2. The molecule has 2 aromatic carbocycles. The molecule has 4 radical (unpaired) electrons. The fourth-order valence-corrected chi connectivity index (χ4v) is 1.61. The van der Waals surface area contributed by atoms with E-state index in [1.807, 2.05) is 0 Å². The van der Waals surface area contributed by atoms with Gasteiger partial charge in [-0.15, -0.1) is 0 Å². The van der Waals surface area contributed by atoms with Gasteiger partial charge in [-0.1, -0.05) is 17.0 Å². The van der Waals surface area contributed by atoms with Crippen molar-refractivity contribution >= 4 is 26.6 Å². The summed E-state index contributed by atoms with van der Waals surface area (Å²) < 4.78 is 26.9. The molecule has 0 amide bonds. The number of aromatic hydroxyl groups is 2. The molecule has 0 unspecified atom stereocenters. The van der Waals surface area contributed by atoms with E-state index >= 15 is 0 Å². The molecule has 2 nitrogen and oxygen atoms in total. The first-order valence-electron chi connectivity index (χ1n) is 4.97. The van der Waals surface area contributed by atoms with Gasteiger partial charge < -0.3 is 10.2 Å². The van der Waals surface area contributed by atoms with E-state index in [0.29, 0.717) is 0 Å². The first-order chi connectivity index (χ1) is 8.43. The number of phenolic OH excluding ortho intramolecular Hbond substituents is 2. The molecule has 0 fully saturated rings. The Labute approximate surface area is 105 Å². The van der Waals surface area contributed by atoms with E-state index < -0.39 is 17.4 Å². The number of benzene rings is 2. The van der Waals surface area contributed by atoms with Crippen molar-refractivity contribution < 1.29 is 19.0 Å². The van der Waals surface area contributed by atoms with Crippen molar-refractivity contribution in [3.05, 3.63) is 35.9 Å². The normalized spacial score (nSPS) is 10.6. The summed E-state index contributed by atoms with van der Waals surface area (Å²) in [6, 6.07) is 4.73. The molecule has 0 atom stereocenters. The first-order valence-corrected chi connectivity index (χ1v) is 4.97. The Balaban J connectivity index is 2.71. The molecule has 2 aromatic rings. The van der Waals surface area contributed by atoms with Crippen LogP contribution in [0.2, 0.25) is 0 Å². The minimum atomic E-state index is -1.36. The van der Waals surface area contributed by atoms with Crippen LogP contribution in [0.15, 0.2) is 24.3 Å². The van der Waals surface area contributed by atoms with Gasteiger partial charge in [0.2, 0.25) is 5.82 Å². The lowest BCUT2D eigenvalue weighted by Gasteiger charge is -2.12. The second kappa shape index (κ2) is 4.37. The minimum Gasteiger partial charge on any atom is -0.509 e. The van der Waals surface area contributed by atoms with Crippen molar-refractivity contribution in [1.82, 2.24) is 0 Å². The van der Waals surface area contributed by atoms with Crippen molar-refractivity contribution in [3.8, 4) is 22.6 Å². The van der Waals surface area contributed by atoms with Crippen LogP contribution in [0.1, 0.15) is 0 Å². The molecule has 18 heavy (non-hydrogen) atoms. The third-order valence-corrected chi connectivity index (χ3v) is 2.62. The van der Waals surface area contributed by atoms with Crippen LogP contribution in [0, 0.1) is 11.6 Å². The van der Waals surface area contributed by atoms with E-state index in [-0.39, 0.29) is 27.8 Å². The number of hydrogen-bond acceptors (Lipinski definition) is 2. The van der Waals surface area contributed by atoms with Crippen LogP contribution in [0.4, 0.5) is 8.78 Å². The average molecular weight is 242 g/mol. The third-order valence-electron chi connectivity index (χ3n) is 2.62. The molecular weight excluding hydrogens is 236 g/mol. The fourth-order valence-electron chi connectivity index (χ4n) is 1.61. The molecule has 0 spiro atoms. The summed E-state index contributed by atoms with van der Waals surface area (Å²) in [5.74, 6) is -3.62. The molecule has 6 heteroatoms. The van der Waals surface area contributed by atoms with Crippen molar-refractivity contribution in [3.63, 3.8) is 0 Å². The van der Waals surface area contributed by atoms with Crippen molar-refractivity contribution in [2.24, 2.45) is 0 Å². The van der Waals surface area contributed by atoms with Crippen LogP contribution in [0.3, 0.4) is 0 Å². The maximum Gasteiger partial charge on any atom is 0.200 e. The molecule has 0 aliphatic rings. The molecule has 0 saturated heterocycles. The van der Waals surface area contributed by atoms with Gasteiger partial charge in [0.05, 0.1) is 0 Å². The zero-order valence-corrected chi connectivity index (χ0v) is 9.11. The summed E-state index contributed by atoms with van der Waals surface area (Å²) in [5.41, 5.74) is -0.171. The summed E-state index contributed by atoms with van der Waals surface area (Å²) in [6.07, 6.45) is 0. The maximum atomic E-state index is 13.7. The molecule has 2 N–H and O–H groups in total. The predicted octanol–water partition coefficient (Wildman–Crippen LogP) is 0.631. The molecular formula is C12H6B2F2O2. The van der Waals surface area contributed by atoms with Crippen molar-refractivity contribution in [2.75, 3.05) is 0 Å². The molecule has 0 bridgehead atoms. The highest BCUT2D eigenvalue weighted by atomic mass is 19.2. The predicted molar refractivity (Wildman–Crippen MR) is 65.9 cm³/mol. The minimum absolute atomic E-state index is 0.0565. The van der Waals surface area contributed by atoms with Gasteiger partial charge in [-0.05, 0) is 23.8 Å². The van der Waals surface area contributed by atoms with Crippen LogP contribution in [0.5, 0.6) is 11.5 Å². The Bertz CT molecular complexity index is 574. The quantitative estimate of drug-likeness (QED) is 0.720. The van der Waals surface area contributed by atoms with Gasteiger partial charge in [0, 0.05) is 5.56 Å². The van der Waals surface area contributed by atoms with E-state index in [4.69, 9.17) is 20.8 Å². The van der Waals surface area contributed by atoms with Crippen LogP contribution < -0.4 is 10.9 Å². The number of rotatable bonds is 1. The number of phenols is 2. The second-order valence-corrected chi connectivity index (χ2v) is 3.72. The van der Waals surface area contributed by atoms with Gasteiger partial charge in [-0.2, -0.15) is 4.39 Å². The van der Waals surface area contributed by atoms with Crippen LogP contribution in [-0.2, 0) is 0 Å². The lowest BCUT2D eigenvalue weighted by atomic mass is 9.75. The van der Waals surface area contributed by atoms with Crippen molar-refractivity contribution in [2.45, 2.75) is 0 Å². The Morgan fingerprint density at radius 3 is 1.94 bits per heavy atom. The molecule has 0 aliphatic carbocycles. The zero-order chi connectivity index (χ0) is 13.4. The Hall–Kier alpha value is -1.97. The Morgan fingerprint density at radius 1 is 0.722 bits per heavy atom. The summed E-state index contributed by atoms with van der Waals surface area (Å²) in [4.78, 5) is 0. The molecule has 0 saturated carbocycles. The van der Waals surface area contributed by atoms with E-state index in [9.17, 15) is 13.9 Å². The third kappa shape index (κ3) is 1.83. The summed E-state index contributed by atoms with van der Waals surface area (Å²) in [7, 11) is 11.1. The first kappa shape index (κ1) is 12.5. The lowest BCUT2D eigenvalue weighted by molar-refractivity contribution is 0.408. The van der Waals surface area contributed by atoms with Gasteiger partial charge >= 0.3 is 0 Å². The van der Waals surface area contributed by atoms with Crippen LogP contribution >= 0.6 is 0 Å². The fraction of sp³-hybridized carbons (Fsp3) is 0. The standard InChI is InChI=1S/C12H6B2F2O2/c13-9-5(1-3-7(17)10(9)14)6-2-4-8(18)12(16)11(6)15/h1-4,17-18H. The summed E-state index contributed by atoms with van der Waals surface area (Å²) in [5, 5.41) is 18.4. The molecule has 0 aromatic heterocycles. The summed E-state index contributed by atoms with van der Waals surface area (Å²) >= 11 is 0. The van der Waals surface area contributed by atoms with Gasteiger partial charge in [0.25, 0.3) is 0 Å². The van der Waals surface area contributed by atoms with E-state index in [2.05, 4.69) is 0 Å². The molecule has 86 valence electrons.